The van der Waals surface area contributed by atoms with Crippen LogP contribution in [-0.2, 0) is 4.79 Å². The Morgan fingerprint density at radius 2 is 2.33 bits per heavy atom. The Hall–Kier alpha value is -1.82. The van der Waals surface area contributed by atoms with Gasteiger partial charge in [0.15, 0.2) is 4.34 Å². The number of nitrogens with two attached hydrogens (primary N) is 1. The zero-order valence-electron chi connectivity index (χ0n) is 10.7. The van der Waals surface area contributed by atoms with Crippen LogP contribution in [0.1, 0.15) is 12.0 Å². The molecule has 21 heavy (non-hydrogen) atoms. The highest BCUT2D eigenvalue weighted by atomic mass is 35.5. The first-order valence-corrected chi connectivity index (χ1v) is 7.98. The van der Waals surface area contributed by atoms with E-state index in [1.54, 1.807) is 18.2 Å². The summed E-state index contributed by atoms with van der Waals surface area (Å²) in [4.78, 5) is 11.8. The number of nitrogen functional groups attached to an aromatic ring is 1. The summed E-state index contributed by atoms with van der Waals surface area (Å²) in [7, 11) is 0. The first-order chi connectivity index (χ1) is 10.1. The number of amides is 1. The van der Waals surface area contributed by atoms with Crippen molar-refractivity contribution in [3.63, 3.8) is 0 Å². The molecule has 9 heteroatoms. The van der Waals surface area contributed by atoms with E-state index < -0.39 is 0 Å². The topological polar surface area (TPSA) is 105 Å². The molecule has 1 amide bonds. The molecule has 108 valence electrons. The highest BCUT2D eigenvalue weighted by Gasteiger charge is 2.07. The minimum atomic E-state index is -0.138. The van der Waals surface area contributed by atoms with E-state index in [0.29, 0.717) is 33.6 Å². The molecule has 0 aliphatic heterocycles. The van der Waals surface area contributed by atoms with Gasteiger partial charge < -0.3 is 11.1 Å². The summed E-state index contributed by atoms with van der Waals surface area (Å²) in [5.74, 6) is 0.436. The molecule has 0 saturated carbocycles. The number of benzene rings is 1. The van der Waals surface area contributed by atoms with Crippen LogP contribution in [0.4, 0.5) is 10.8 Å². The van der Waals surface area contributed by atoms with Crippen molar-refractivity contribution >= 4 is 51.4 Å². The first kappa shape index (κ1) is 15.6. The van der Waals surface area contributed by atoms with Gasteiger partial charge in [0, 0.05) is 17.9 Å². The number of halogens is 1. The molecule has 0 atom stereocenters. The number of nitrogens with zero attached hydrogens (tertiary/aromatic N) is 3. The van der Waals surface area contributed by atoms with E-state index >= 15 is 0 Å². The van der Waals surface area contributed by atoms with Gasteiger partial charge in [-0.15, -0.1) is 10.2 Å². The van der Waals surface area contributed by atoms with E-state index in [1.807, 2.05) is 6.07 Å². The molecule has 1 aromatic carbocycles. The number of carbonyl (C=O) groups excluding carboxylic acids is 1. The Bertz CT molecular complexity index is 697. The van der Waals surface area contributed by atoms with Crippen LogP contribution in [0.3, 0.4) is 0 Å². The van der Waals surface area contributed by atoms with Crippen LogP contribution in [0.5, 0.6) is 0 Å². The third-order valence-corrected chi connectivity index (χ3v) is 4.55. The molecule has 0 fully saturated rings. The van der Waals surface area contributed by atoms with Gasteiger partial charge in [-0.2, -0.15) is 5.26 Å². The fraction of sp³-hybridized carbons (Fsp3) is 0.167. The number of carbonyl (C=O) groups is 1. The lowest BCUT2D eigenvalue weighted by Crippen LogP contribution is -2.12. The van der Waals surface area contributed by atoms with Crippen molar-refractivity contribution < 1.29 is 4.79 Å². The molecule has 0 radical (unpaired) electrons. The summed E-state index contributed by atoms with van der Waals surface area (Å²) in [5.41, 5.74) is 6.41. The molecule has 0 aliphatic rings. The standard InChI is InChI=1S/C12H10ClN5OS2/c13-9-5-8(2-1-7(9)6-14)16-10(19)3-4-20-12-18-17-11(15)21-12/h1-2,5H,3-4H2,(H2,15,17)(H,16,19). The second-order valence-electron chi connectivity index (χ2n) is 3.86. The van der Waals surface area contributed by atoms with Gasteiger partial charge in [-0.25, -0.2) is 0 Å². The summed E-state index contributed by atoms with van der Waals surface area (Å²) in [6.45, 7) is 0. The van der Waals surface area contributed by atoms with Gasteiger partial charge in [-0.05, 0) is 18.2 Å². The molecule has 0 bridgehead atoms. The fourth-order valence-corrected chi connectivity index (χ4v) is 3.28. The van der Waals surface area contributed by atoms with Crippen LogP contribution in [0.15, 0.2) is 22.5 Å². The largest absolute Gasteiger partial charge is 0.374 e. The maximum atomic E-state index is 11.8. The Morgan fingerprint density at radius 1 is 1.52 bits per heavy atom. The van der Waals surface area contributed by atoms with E-state index in [9.17, 15) is 4.79 Å². The highest BCUT2D eigenvalue weighted by Crippen LogP contribution is 2.24. The molecule has 2 aromatic rings. The van der Waals surface area contributed by atoms with Gasteiger partial charge in [0.05, 0.1) is 10.6 Å². The van der Waals surface area contributed by atoms with Crippen molar-refractivity contribution in [2.24, 2.45) is 0 Å². The average Bonchev–Trinajstić information content (AvgIpc) is 2.84. The van der Waals surface area contributed by atoms with Crippen molar-refractivity contribution in [1.82, 2.24) is 10.2 Å². The Labute approximate surface area is 134 Å². The SMILES string of the molecule is N#Cc1ccc(NC(=O)CCSc2nnc(N)s2)cc1Cl. The number of hydrogen-bond donors (Lipinski definition) is 2. The summed E-state index contributed by atoms with van der Waals surface area (Å²) in [6.07, 6.45) is 0.321. The molecule has 3 N–H and O–H groups in total. The van der Waals surface area contributed by atoms with Crippen LogP contribution in [0.2, 0.25) is 5.02 Å². The second kappa shape index (κ2) is 7.26. The van der Waals surface area contributed by atoms with Gasteiger partial charge in [-0.3, -0.25) is 4.79 Å². The van der Waals surface area contributed by atoms with Crippen molar-refractivity contribution in [1.29, 1.82) is 5.26 Å². The van der Waals surface area contributed by atoms with Crippen molar-refractivity contribution in [2.75, 3.05) is 16.8 Å². The number of nitriles is 1. The minimum Gasteiger partial charge on any atom is -0.374 e. The normalized spacial score (nSPS) is 10.1. The van der Waals surface area contributed by atoms with Crippen molar-refractivity contribution in [3.8, 4) is 6.07 Å². The van der Waals surface area contributed by atoms with Crippen LogP contribution >= 0.6 is 34.7 Å². The predicted octanol–water partition coefficient (Wildman–Crippen LogP) is 2.77. The minimum absolute atomic E-state index is 0.138. The van der Waals surface area contributed by atoms with E-state index in [-0.39, 0.29) is 5.91 Å². The Balaban J connectivity index is 1.82. The van der Waals surface area contributed by atoms with E-state index in [0.717, 1.165) is 4.34 Å². The smallest absolute Gasteiger partial charge is 0.225 e. The summed E-state index contributed by atoms with van der Waals surface area (Å²) in [6, 6.07) is 6.72. The maximum absolute atomic E-state index is 11.8. The van der Waals surface area contributed by atoms with Crippen molar-refractivity contribution in [3.05, 3.63) is 28.8 Å². The summed E-state index contributed by atoms with van der Waals surface area (Å²) in [5, 5.41) is 19.8. The van der Waals surface area contributed by atoms with Crippen molar-refractivity contribution in [2.45, 2.75) is 10.8 Å². The monoisotopic (exact) mass is 339 g/mol. The van der Waals surface area contributed by atoms with Crippen LogP contribution in [0, 0.1) is 11.3 Å². The summed E-state index contributed by atoms with van der Waals surface area (Å²) < 4.78 is 0.738. The van der Waals surface area contributed by atoms with E-state index in [1.165, 1.54) is 23.1 Å². The second-order valence-corrected chi connectivity index (χ2v) is 6.62. The van der Waals surface area contributed by atoms with Gasteiger partial charge in [0.1, 0.15) is 6.07 Å². The lowest BCUT2D eigenvalue weighted by molar-refractivity contribution is -0.115. The first-order valence-electron chi connectivity index (χ1n) is 5.80. The number of nitrogens with one attached hydrogen (secondary N) is 1. The molecule has 0 unspecified atom stereocenters. The average molecular weight is 340 g/mol. The van der Waals surface area contributed by atoms with E-state index in [4.69, 9.17) is 22.6 Å². The molecular formula is C12H10ClN5OS2. The Morgan fingerprint density at radius 3 is 2.95 bits per heavy atom. The maximum Gasteiger partial charge on any atom is 0.225 e. The van der Waals surface area contributed by atoms with Gasteiger partial charge in [0.25, 0.3) is 0 Å². The quantitative estimate of drug-likeness (QED) is 0.811. The third kappa shape index (κ3) is 4.60. The molecule has 1 heterocycles. The molecular weight excluding hydrogens is 330 g/mol. The summed E-state index contributed by atoms with van der Waals surface area (Å²) >= 11 is 8.61. The number of aromatic nitrogens is 2. The number of anilines is 2. The van der Waals surface area contributed by atoms with Gasteiger partial charge in [0.2, 0.25) is 11.0 Å². The molecule has 0 saturated heterocycles. The van der Waals surface area contributed by atoms with Gasteiger partial charge in [-0.1, -0.05) is 34.7 Å². The number of rotatable bonds is 5. The predicted molar refractivity (Wildman–Crippen MR) is 84.5 cm³/mol. The molecule has 0 spiro atoms. The number of hydrogen-bond acceptors (Lipinski definition) is 7. The van der Waals surface area contributed by atoms with Crippen LogP contribution in [0.25, 0.3) is 0 Å². The third-order valence-electron chi connectivity index (χ3n) is 2.35. The van der Waals surface area contributed by atoms with E-state index in [2.05, 4.69) is 15.5 Å². The zero-order chi connectivity index (χ0) is 15.2. The lowest BCUT2D eigenvalue weighted by atomic mass is 10.2. The molecule has 2 rings (SSSR count). The highest BCUT2D eigenvalue weighted by molar-refractivity contribution is 8.01. The van der Waals surface area contributed by atoms with Crippen LogP contribution < -0.4 is 11.1 Å². The number of thioether (sulfide) groups is 1. The fourth-order valence-electron chi connectivity index (χ4n) is 1.42. The van der Waals surface area contributed by atoms with Crippen LogP contribution in [-0.4, -0.2) is 21.9 Å². The zero-order valence-corrected chi connectivity index (χ0v) is 13.1. The molecule has 6 nitrogen and oxygen atoms in total. The molecule has 1 aromatic heterocycles. The van der Waals surface area contributed by atoms with Gasteiger partial charge >= 0.3 is 0 Å². The Kier molecular flexibility index (Phi) is 5.38. The lowest BCUT2D eigenvalue weighted by Gasteiger charge is -2.05. The molecule has 0 aliphatic carbocycles.